The third kappa shape index (κ3) is 15.8. The van der Waals surface area contributed by atoms with Gasteiger partial charge in [0.25, 0.3) is 17.7 Å². The van der Waals surface area contributed by atoms with Crippen molar-refractivity contribution in [3.05, 3.63) is 71.6 Å². The number of alkyl halides is 3. The number of likely N-dealkylation sites (N-methyl/N-ethyl adjacent to an activating group) is 1. The molecule has 3 aliphatic heterocycles. The molecule has 3 unspecified atom stereocenters. The second-order valence-electron chi connectivity index (χ2n) is 18.1. The number of carbonyl (C=O) groups is 7. The lowest BCUT2D eigenvalue weighted by atomic mass is 9.90. The number of imide groups is 1. The van der Waals surface area contributed by atoms with Crippen LogP contribution in [0.2, 0.25) is 0 Å². The first-order valence-electron chi connectivity index (χ1n) is 24.9. The van der Waals surface area contributed by atoms with Gasteiger partial charge in [0.15, 0.2) is 0 Å². The number of likely N-dealkylation sites (tertiary alicyclic amines) is 1. The Morgan fingerprint density at radius 2 is 1.59 bits per heavy atom. The summed E-state index contributed by atoms with van der Waals surface area (Å²) in [6.45, 7) is 13.0. The summed E-state index contributed by atoms with van der Waals surface area (Å²) in [5.74, 6) is -7.28. The highest BCUT2D eigenvalue weighted by Gasteiger charge is 2.38. The number of hydrogen-bond donors (Lipinski definition) is 3. The van der Waals surface area contributed by atoms with Crippen molar-refractivity contribution in [3.63, 3.8) is 0 Å². The van der Waals surface area contributed by atoms with Gasteiger partial charge in [0.05, 0.1) is 48.6 Å². The largest absolute Gasteiger partial charge is 0.748 e. The number of amides is 5. The average molecular weight is 1070 g/mol. The molecular formula is C51H64F3N7O13S. The van der Waals surface area contributed by atoms with E-state index in [1.165, 1.54) is 4.90 Å². The van der Waals surface area contributed by atoms with Gasteiger partial charge in [0, 0.05) is 78.8 Å². The number of nitrogens with zero attached hydrogens (tertiary/aromatic N) is 4. The first kappa shape index (κ1) is 59.0. The molecule has 2 saturated heterocycles. The van der Waals surface area contributed by atoms with Gasteiger partial charge in [0.2, 0.25) is 17.2 Å². The third-order valence-electron chi connectivity index (χ3n) is 13.0. The predicted octanol–water partition coefficient (Wildman–Crippen LogP) is 1.59. The van der Waals surface area contributed by atoms with Crippen molar-refractivity contribution in [1.29, 1.82) is 0 Å². The number of hydrogen-bond acceptors (Lipinski definition) is 14. The number of carboxylic acids is 1. The Labute approximate surface area is 432 Å². The molecule has 0 saturated carbocycles. The van der Waals surface area contributed by atoms with E-state index in [1.54, 1.807) is 12.1 Å². The Kier molecular flexibility index (Phi) is 20.9. The number of carbonyl (C=O) groups excluding carboxylic acids is 7. The molecule has 24 heteroatoms. The molecular weight excluding hydrogens is 1010 g/mol. The molecule has 3 N–H and O–H groups in total. The van der Waals surface area contributed by atoms with Crippen LogP contribution in [0.3, 0.4) is 0 Å². The average Bonchev–Trinajstić information content (AvgIpc) is 3.98. The van der Waals surface area contributed by atoms with Crippen LogP contribution in [0, 0.1) is 0 Å². The first-order chi connectivity index (χ1) is 35.5. The van der Waals surface area contributed by atoms with Crippen LogP contribution in [0.25, 0.3) is 33.4 Å². The zero-order valence-corrected chi connectivity index (χ0v) is 43.4. The lowest BCUT2D eigenvalue weighted by molar-refractivity contribution is -0.878. The summed E-state index contributed by atoms with van der Waals surface area (Å²) in [5.41, 5.74) is 4.22. The smallest absolute Gasteiger partial charge is 0.430 e. The summed E-state index contributed by atoms with van der Waals surface area (Å²) in [7, 11) is -3.09. The molecule has 5 amide bonds. The molecule has 2 fully saturated rings. The number of quaternary nitrogens is 1. The van der Waals surface area contributed by atoms with Gasteiger partial charge < -0.3 is 49.0 Å². The van der Waals surface area contributed by atoms with Gasteiger partial charge in [-0.05, 0) is 89.6 Å². The second kappa shape index (κ2) is 26.5. The fourth-order valence-electron chi connectivity index (χ4n) is 9.03. The number of carboxylic acid groups (broad SMARTS) is 1. The molecule has 2 aromatic carbocycles. The number of benzene rings is 3. The molecule has 0 bridgehead atoms. The van der Waals surface area contributed by atoms with E-state index in [9.17, 15) is 54.9 Å². The molecule has 2 aromatic rings. The number of anilines is 1. The fraction of sp³-hybridized carbons (Fsp3) is 0.490. The predicted molar refractivity (Wildman–Crippen MR) is 265 cm³/mol. The van der Waals surface area contributed by atoms with Crippen molar-refractivity contribution < 1.29 is 79.0 Å². The molecule has 20 nitrogen and oxygen atoms in total. The third-order valence-corrected chi connectivity index (χ3v) is 13.7. The number of rotatable bonds is 22. The maximum atomic E-state index is 14.8. The topological polar surface area (TPSA) is 263 Å². The van der Waals surface area contributed by atoms with Crippen LogP contribution in [0.15, 0.2) is 65.1 Å². The molecule has 6 rings (SSSR count). The van der Waals surface area contributed by atoms with Crippen LogP contribution in [0.4, 0.5) is 18.9 Å². The van der Waals surface area contributed by atoms with Crippen LogP contribution in [-0.4, -0.2) is 148 Å². The zero-order chi connectivity index (χ0) is 55.2. The highest BCUT2D eigenvalue weighted by molar-refractivity contribution is 7.85. The van der Waals surface area contributed by atoms with Crippen LogP contribution in [0.5, 0.6) is 0 Å². The van der Waals surface area contributed by atoms with Crippen molar-refractivity contribution in [2.45, 2.75) is 97.3 Å². The molecule has 1 aliphatic carbocycles. The van der Waals surface area contributed by atoms with Crippen molar-refractivity contribution in [3.8, 4) is 22.5 Å². The van der Waals surface area contributed by atoms with Crippen LogP contribution in [-0.2, 0) is 43.7 Å². The van der Waals surface area contributed by atoms with Gasteiger partial charge in [0.1, 0.15) is 42.5 Å². The first-order valence-corrected chi connectivity index (χ1v) is 26.5. The number of halogens is 3. The van der Waals surface area contributed by atoms with Gasteiger partial charge in [-0.2, -0.15) is 13.2 Å². The molecule has 0 radical (unpaired) electrons. The summed E-state index contributed by atoms with van der Waals surface area (Å²) in [4.78, 5) is 96.0. The highest BCUT2D eigenvalue weighted by atomic mass is 32.2. The van der Waals surface area contributed by atoms with Crippen molar-refractivity contribution >= 4 is 68.2 Å². The summed E-state index contributed by atoms with van der Waals surface area (Å²) in [6, 6.07) is 16.6. The summed E-state index contributed by atoms with van der Waals surface area (Å²) in [6.07, 6.45) is -2.53. The Bertz CT molecular complexity index is 2870. The molecule has 75 heavy (non-hydrogen) atoms. The van der Waals surface area contributed by atoms with E-state index in [4.69, 9.17) is 19.2 Å². The number of nitrogens with one attached hydrogen (secondary N) is 3. The normalized spacial score (nSPS) is 15.6. The summed E-state index contributed by atoms with van der Waals surface area (Å²) >= 11 is 0. The maximum absolute atomic E-state index is 14.8. The zero-order valence-electron chi connectivity index (χ0n) is 42.6. The van der Waals surface area contributed by atoms with E-state index in [0.29, 0.717) is 66.3 Å². The molecule has 0 spiro atoms. The van der Waals surface area contributed by atoms with Gasteiger partial charge in [-0.3, -0.25) is 24.0 Å². The van der Waals surface area contributed by atoms with E-state index in [-0.39, 0.29) is 38.8 Å². The molecule has 4 aliphatic rings. The van der Waals surface area contributed by atoms with Crippen LogP contribution < -0.4 is 35.5 Å². The van der Waals surface area contributed by atoms with Crippen molar-refractivity contribution in [1.82, 2.24) is 25.2 Å². The number of aliphatic carboxylic acids is 1. The minimum atomic E-state index is -5.19. The standard InChI is InChI=1S/C49H63N7O11S.C2HF3O2/c1-6-53(7-2)33-20-22-37-41(30-33)66-42-31-34(54(8-3)9-4)21-23-38(42)46(37)35-16-12-13-17-36(35)49(62)55-28-15-18-40(55)48(61)51-39(32-68(63,64)65)47(60)50-26-29-52(5)27-14-10-11-19-45(59)67-56-43(57)24-25-44(56)58;3-2(4,5)1(6)7/h12-13,16-17,20-23,30-31,39-40H,6-11,14-15,18-19,24-29,32H2,1-5H3,(H2-,50,51,60,61,63,64,65);(H,6,7). The summed E-state index contributed by atoms with van der Waals surface area (Å²) in [5, 5.41) is 16.2. The van der Waals surface area contributed by atoms with Gasteiger partial charge >= 0.3 is 12.1 Å². The highest BCUT2D eigenvalue weighted by Crippen LogP contribution is 2.42. The molecule has 0 aromatic heterocycles. The van der Waals surface area contributed by atoms with Gasteiger partial charge in [-0.25, -0.2) is 17.8 Å². The maximum Gasteiger partial charge on any atom is 0.430 e. The number of unbranched alkanes of at least 4 members (excludes halogenated alkanes) is 2. The second-order valence-corrected chi connectivity index (χ2v) is 19.5. The van der Waals surface area contributed by atoms with Crippen LogP contribution in [0.1, 0.15) is 89.4 Å². The minimum Gasteiger partial charge on any atom is -0.748 e. The van der Waals surface area contributed by atoms with Crippen LogP contribution >= 0.6 is 0 Å². The Balaban J connectivity index is 0.00000138. The van der Waals surface area contributed by atoms with Gasteiger partial charge in [-0.1, -0.05) is 18.2 Å². The monoisotopic (exact) mass is 1070 g/mol. The van der Waals surface area contributed by atoms with E-state index in [0.717, 1.165) is 58.6 Å². The molecule has 3 atom stereocenters. The van der Waals surface area contributed by atoms with E-state index in [2.05, 4.69) is 47.8 Å². The number of fused-ring (bicyclic) bond motifs is 2. The molecule has 408 valence electrons. The summed E-state index contributed by atoms with van der Waals surface area (Å²) < 4.78 is 76.5. The van der Waals surface area contributed by atoms with E-state index >= 15 is 0 Å². The Hall–Kier alpha value is -6.92. The lowest BCUT2D eigenvalue weighted by Gasteiger charge is -2.28. The van der Waals surface area contributed by atoms with Crippen molar-refractivity contribution in [2.24, 2.45) is 0 Å². The van der Waals surface area contributed by atoms with E-state index < -0.39 is 75.6 Å². The quantitative estimate of drug-likeness (QED) is 0.0332. The SMILES string of the molecule is CCN(CC)c1ccc2c(-c3ccccc3C(=O)N3CCCC3C(=O)NC(CS(=O)(=O)[O-])C(=O)NCC[NH+](C)CCCCCC(=O)ON3C(=O)CCC3=O)c3ccc(=[N+](CC)CC)cc-3oc2c1.O=C([O-])C(F)(F)F. The minimum absolute atomic E-state index is 0.0217. The Morgan fingerprint density at radius 1 is 0.920 bits per heavy atom. The van der Waals surface area contributed by atoms with Crippen molar-refractivity contribution in [2.75, 3.05) is 70.1 Å². The number of hydroxylamine groups is 2. The Morgan fingerprint density at radius 3 is 2.21 bits per heavy atom. The molecule has 3 heterocycles. The van der Waals surface area contributed by atoms with Gasteiger partial charge in [-0.15, -0.1) is 5.06 Å². The van der Waals surface area contributed by atoms with E-state index in [1.807, 2.05) is 55.6 Å². The fourth-order valence-corrected chi connectivity index (χ4v) is 9.68. The lowest BCUT2D eigenvalue weighted by Crippen LogP contribution is -3.09.